The van der Waals surface area contributed by atoms with Crippen LogP contribution in [0.4, 0.5) is 5.13 Å². The predicted molar refractivity (Wildman–Crippen MR) is 86.0 cm³/mol. The van der Waals surface area contributed by atoms with Crippen LogP contribution in [0.3, 0.4) is 0 Å². The molecule has 0 saturated carbocycles. The number of hydrogen-bond acceptors (Lipinski definition) is 7. The highest BCUT2D eigenvalue weighted by Crippen LogP contribution is 2.20. The summed E-state index contributed by atoms with van der Waals surface area (Å²) in [6, 6.07) is 0. The Morgan fingerprint density at radius 3 is 2.60 bits per heavy atom. The van der Waals surface area contributed by atoms with Gasteiger partial charge in [-0.15, -0.1) is 11.3 Å². The van der Waals surface area contributed by atoms with Gasteiger partial charge in [0.25, 0.3) is 0 Å². The Balaban J connectivity index is 1.94. The third-order valence-corrected chi connectivity index (χ3v) is 5.82. The summed E-state index contributed by atoms with van der Waals surface area (Å²) in [5.41, 5.74) is 0.903. The first-order valence-corrected chi connectivity index (χ1v) is 9.39. The standard InChI is InChI=1S/C12H18N4OS3/c1-8(2)11-13-9(5-18-11)6-20(17)7-10-14-12(16(3)4)19-15-10/h5,8H,6-7H2,1-4H3/t20-/m1/s1. The van der Waals surface area contributed by atoms with Gasteiger partial charge in [-0.1, -0.05) is 13.8 Å². The highest BCUT2D eigenvalue weighted by Gasteiger charge is 2.12. The maximum Gasteiger partial charge on any atom is 0.204 e. The largest absolute Gasteiger partial charge is 0.353 e. The number of rotatable bonds is 6. The highest BCUT2D eigenvalue weighted by molar-refractivity contribution is 7.83. The SMILES string of the molecule is CC(C)c1nc(C[S@@](=O)Cc2nsc(N(C)C)n2)cs1. The van der Waals surface area contributed by atoms with Crippen LogP contribution < -0.4 is 4.90 Å². The molecule has 2 heterocycles. The first-order valence-electron chi connectivity index (χ1n) is 6.25. The molecule has 0 saturated heterocycles. The minimum absolute atomic E-state index is 0.388. The normalized spacial score (nSPS) is 12.8. The van der Waals surface area contributed by atoms with Crippen LogP contribution in [-0.4, -0.2) is 32.6 Å². The monoisotopic (exact) mass is 330 g/mol. The Kier molecular flexibility index (Phi) is 5.22. The molecule has 0 spiro atoms. The first kappa shape index (κ1) is 15.5. The summed E-state index contributed by atoms with van der Waals surface area (Å²) in [5, 5.41) is 3.93. The van der Waals surface area contributed by atoms with Crippen LogP contribution in [0.2, 0.25) is 0 Å². The van der Waals surface area contributed by atoms with E-state index in [0.29, 0.717) is 23.2 Å². The van der Waals surface area contributed by atoms with Crippen molar-refractivity contribution in [1.82, 2.24) is 14.3 Å². The van der Waals surface area contributed by atoms with Crippen molar-refractivity contribution in [2.24, 2.45) is 0 Å². The molecule has 2 aromatic rings. The maximum atomic E-state index is 12.1. The van der Waals surface area contributed by atoms with E-state index in [1.54, 1.807) is 11.3 Å². The van der Waals surface area contributed by atoms with Crippen molar-refractivity contribution in [3.8, 4) is 0 Å². The van der Waals surface area contributed by atoms with E-state index < -0.39 is 10.8 Å². The molecule has 20 heavy (non-hydrogen) atoms. The lowest BCUT2D eigenvalue weighted by atomic mass is 10.2. The van der Waals surface area contributed by atoms with Crippen molar-refractivity contribution in [1.29, 1.82) is 0 Å². The lowest BCUT2D eigenvalue weighted by Crippen LogP contribution is -2.08. The van der Waals surface area contributed by atoms with Crippen LogP contribution in [0.1, 0.15) is 36.3 Å². The zero-order valence-corrected chi connectivity index (χ0v) is 14.4. The molecule has 0 N–H and O–H groups in total. The van der Waals surface area contributed by atoms with E-state index in [-0.39, 0.29) is 0 Å². The maximum absolute atomic E-state index is 12.1. The number of hydrogen-bond donors (Lipinski definition) is 0. The Labute approximate surface area is 129 Å². The van der Waals surface area contributed by atoms with E-state index in [9.17, 15) is 4.21 Å². The van der Waals surface area contributed by atoms with Crippen molar-refractivity contribution in [2.75, 3.05) is 19.0 Å². The van der Waals surface area contributed by atoms with Crippen molar-refractivity contribution >= 4 is 38.8 Å². The second-order valence-corrected chi connectivity index (χ2v) is 8.02. The van der Waals surface area contributed by atoms with Gasteiger partial charge >= 0.3 is 0 Å². The number of thiazole rings is 1. The molecule has 0 fully saturated rings. The van der Waals surface area contributed by atoms with E-state index in [2.05, 4.69) is 28.2 Å². The van der Waals surface area contributed by atoms with Crippen molar-refractivity contribution in [3.63, 3.8) is 0 Å². The van der Waals surface area contributed by atoms with Crippen molar-refractivity contribution < 1.29 is 4.21 Å². The third kappa shape index (κ3) is 4.07. The van der Waals surface area contributed by atoms with Gasteiger partial charge in [0.15, 0.2) is 5.82 Å². The average Bonchev–Trinajstić information content (AvgIpc) is 2.98. The third-order valence-electron chi connectivity index (χ3n) is 2.50. The van der Waals surface area contributed by atoms with Crippen LogP contribution in [0, 0.1) is 0 Å². The van der Waals surface area contributed by atoms with E-state index in [1.165, 1.54) is 11.5 Å². The smallest absolute Gasteiger partial charge is 0.204 e. The van der Waals surface area contributed by atoms with Crippen LogP contribution in [0.5, 0.6) is 0 Å². The molecule has 2 rings (SSSR count). The Hall–Kier alpha value is -0.860. The van der Waals surface area contributed by atoms with Crippen molar-refractivity contribution in [2.45, 2.75) is 31.3 Å². The van der Waals surface area contributed by atoms with Gasteiger partial charge in [0, 0.05) is 47.7 Å². The van der Waals surface area contributed by atoms with Gasteiger partial charge in [-0.2, -0.15) is 4.37 Å². The van der Waals surface area contributed by atoms with E-state index in [1.807, 2.05) is 24.4 Å². The summed E-state index contributed by atoms with van der Waals surface area (Å²) in [6.45, 7) is 4.23. The van der Waals surface area contributed by atoms with Gasteiger partial charge in [-0.05, 0) is 0 Å². The Morgan fingerprint density at radius 2 is 2.05 bits per heavy atom. The van der Waals surface area contributed by atoms with E-state index >= 15 is 0 Å². The minimum atomic E-state index is -1.01. The fourth-order valence-corrected chi connectivity index (χ4v) is 4.12. The number of aromatic nitrogens is 3. The molecule has 1 atom stereocenters. The van der Waals surface area contributed by atoms with Crippen LogP contribution in [0.15, 0.2) is 5.38 Å². The summed E-state index contributed by atoms with van der Waals surface area (Å²) >= 11 is 2.96. The summed E-state index contributed by atoms with van der Waals surface area (Å²) in [5.74, 6) is 1.93. The lowest BCUT2D eigenvalue weighted by Gasteiger charge is -2.04. The quantitative estimate of drug-likeness (QED) is 0.815. The molecule has 110 valence electrons. The van der Waals surface area contributed by atoms with Gasteiger partial charge in [0.1, 0.15) is 0 Å². The first-order chi connectivity index (χ1) is 9.45. The lowest BCUT2D eigenvalue weighted by molar-refractivity contribution is 0.680. The summed E-state index contributed by atoms with van der Waals surface area (Å²) in [7, 11) is 2.83. The molecule has 0 aliphatic heterocycles. The summed E-state index contributed by atoms with van der Waals surface area (Å²) < 4.78 is 16.4. The fraction of sp³-hybridized carbons (Fsp3) is 0.583. The fourth-order valence-electron chi connectivity index (χ4n) is 1.50. The molecule has 8 heteroatoms. The van der Waals surface area contributed by atoms with Gasteiger partial charge in [-0.25, -0.2) is 9.97 Å². The molecule has 0 bridgehead atoms. The second kappa shape index (κ2) is 6.73. The summed E-state index contributed by atoms with van der Waals surface area (Å²) in [4.78, 5) is 10.8. The van der Waals surface area contributed by atoms with Crippen LogP contribution in [0.25, 0.3) is 0 Å². The van der Waals surface area contributed by atoms with Crippen molar-refractivity contribution in [3.05, 3.63) is 21.9 Å². The van der Waals surface area contributed by atoms with E-state index in [0.717, 1.165) is 15.8 Å². The molecule has 5 nitrogen and oxygen atoms in total. The Bertz CT molecular complexity index is 541. The molecule has 0 unspecified atom stereocenters. The van der Waals surface area contributed by atoms with Gasteiger partial charge in [-0.3, -0.25) is 4.21 Å². The highest BCUT2D eigenvalue weighted by atomic mass is 32.2. The predicted octanol–water partition coefficient (Wildman–Crippen LogP) is 2.63. The second-order valence-electron chi connectivity index (χ2n) is 4.95. The Morgan fingerprint density at radius 1 is 1.30 bits per heavy atom. The van der Waals surface area contributed by atoms with Gasteiger partial charge in [0.2, 0.25) is 5.13 Å². The number of anilines is 1. The molecule has 2 aromatic heterocycles. The topological polar surface area (TPSA) is 59.0 Å². The molecular weight excluding hydrogens is 312 g/mol. The molecule has 0 aliphatic rings. The van der Waals surface area contributed by atoms with Gasteiger partial charge in [0.05, 0.1) is 22.2 Å². The molecule has 0 amide bonds. The zero-order chi connectivity index (χ0) is 14.7. The van der Waals surface area contributed by atoms with E-state index in [4.69, 9.17) is 0 Å². The number of nitrogens with zero attached hydrogens (tertiary/aromatic N) is 4. The van der Waals surface area contributed by atoms with Crippen LogP contribution in [-0.2, 0) is 22.3 Å². The van der Waals surface area contributed by atoms with Crippen LogP contribution >= 0.6 is 22.9 Å². The molecular formula is C12H18N4OS3. The minimum Gasteiger partial charge on any atom is -0.353 e. The molecule has 0 radical (unpaired) electrons. The summed E-state index contributed by atoms with van der Waals surface area (Å²) in [6.07, 6.45) is 0. The zero-order valence-electron chi connectivity index (χ0n) is 12.0. The molecule has 0 aliphatic carbocycles. The average molecular weight is 331 g/mol. The molecule has 0 aromatic carbocycles. The van der Waals surface area contributed by atoms with Gasteiger partial charge < -0.3 is 4.90 Å².